The van der Waals surface area contributed by atoms with Crippen LogP contribution in [0.5, 0.6) is 11.5 Å². The molecule has 4 N–H and O–H groups in total. The van der Waals surface area contributed by atoms with Crippen molar-refractivity contribution in [3.63, 3.8) is 0 Å². The molecule has 1 atom stereocenters. The second-order valence-corrected chi connectivity index (χ2v) is 9.14. The summed E-state index contributed by atoms with van der Waals surface area (Å²) in [5.41, 5.74) is 10.6. The van der Waals surface area contributed by atoms with Crippen LogP contribution in [0.15, 0.2) is 97.1 Å². The van der Waals surface area contributed by atoms with Crippen LogP contribution in [0.1, 0.15) is 28.8 Å². The van der Waals surface area contributed by atoms with Crippen LogP contribution in [0.2, 0.25) is 0 Å². The number of hydrogen-bond acceptors (Lipinski definition) is 5. The van der Waals surface area contributed by atoms with E-state index in [4.69, 9.17) is 20.3 Å². The zero-order valence-corrected chi connectivity index (χ0v) is 22.0. The molecule has 4 aromatic rings. The van der Waals surface area contributed by atoms with E-state index in [2.05, 4.69) is 11.4 Å². The van der Waals surface area contributed by atoms with E-state index in [1.165, 1.54) is 0 Å². The highest BCUT2D eigenvalue weighted by Crippen LogP contribution is 2.29. The Balaban J connectivity index is 1.39. The van der Waals surface area contributed by atoms with Gasteiger partial charge in [-0.3, -0.25) is 14.4 Å². The summed E-state index contributed by atoms with van der Waals surface area (Å²) in [6.45, 7) is 0.398. The van der Waals surface area contributed by atoms with E-state index in [9.17, 15) is 14.4 Å². The number of nitrogens with two attached hydrogens (primary N) is 1. The molecule has 0 saturated heterocycles. The van der Waals surface area contributed by atoms with Crippen LogP contribution in [0.4, 0.5) is 0 Å². The topological polar surface area (TPSA) is 128 Å². The first-order chi connectivity index (χ1) is 19.3. The highest BCUT2D eigenvalue weighted by molar-refractivity contribution is 5.97. The van der Waals surface area contributed by atoms with Crippen LogP contribution in [0.3, 0.4) is 0 Å². The lowest BCUT2D eigenvalue weighted by atomic mass is 10.00. The molecule has 0 spiro atoms. The van der Waals surface area contributed by atoms with Crippen molar-refractivity contribution in [2.24, 2.45) is 5.73 Å². The molecule has 0 aromatic heterocycles. The number of hydrogen-bond donors (Lipinski definition) is 3. The fourth-order valence-corrected chi connectivity index (χ4v) is 4.23. The monoisotopic (exact) mass is 538 g/mol. The minimum absolute atomic E-state index is 0.0739. The SMILES string of the molecule is COc1cccc(-c2ccccc2COc2ccc(-c3ccc(C(=O)N[C@@H](CCC(=O)O)C(N)=O)cc3)cc2)c1. The van der Waals surface area contributed by atoms with E-state index in [0.29, 0.717) is 12.2 Å². The molecule has 0 unspecified atom stereocenters. The fourth-order valence-electron chi connectivity index (χ4n) is 4.23. The van der Waals surface area contributed by atoms with E-state index < -0.39 is 23.8 Å². The first-order valence-corrected chi connectivity index (χ1v) is 12.7. The molecule has 4 rings (SSSR count). The summed E-state index contributed by atoms with van der Waals surface area (Å²) >= 11 is 0. The van der Waals surface area contributed by atoms with E-state index in [0.717, 1.165) is 39.3 Å². The molecule has 0 aliphatic heterocycles. The Morgan fingerprint density at radius 1 is 0.825 bits per heavy atom. The van der Waals surface area contributed by atoms with Gasteiger partial charge >= 0.3 is 5.97 Å². The lowest BCUT2D eigenvalue weighted by Gasteiger charge is -2.15. The van der Waals surface area contributed by atoms with Gasteiger partial charge in [0.05, 0.1) is 7.11 Å². The van der Waals surface area contributed by atoms with E-state index in [1.54, 1.807) is 31.4 Å². The summed E-state index contributed by atoms with van der Waals surface area (Å²) in [4.78, 5) is 34.9. The number of carboxylic acids is 1. The minimum atomic E-state index is -1.07. The fraction of sp³-hybridized carbons (Fsp3) is 0.156. The Morgan fingerprint density at radius 2 is 1.50 bits per heavy atom. The molecule has 4 aromatic carbocycles. The van der Waals surface area contributed by atoms with Gasteiger partial charge in [0.15, 0.2) is 0 Å². The standard InChI is InChI=1S/C32H30N2O6/c1-39-27-7-4-6-24(19-27)28-8-3-2-5-25(28)20-40-26-15-13-22(14-16-26)21-9-11-23(12-10-21)32(38)34-29(31(33)37)17-18-30(35)36/h2-16,19,29H,17-18,20H2,1H3,(H2,33,37)(H,34,38)(H,35,36)/t29-/m0/s1. The molecular formula is C32H30N2O6. The Hall–Kier alpha value is -5.11. The first-order valence-electron chi connectivity index (χ1n) is 12.7. The molecular weight excluding hydrogens is 508 g/mol. The van der Waals surface area contributed by atoms with Gasteiger partial charge in [-0.1, -0.05) is 60.7 Å². The second kappa shape index (κ2) is 13.1. The van der Waals surface area contributed by atoms with Gasteiger partial charge in [-0.2, -0.15) is 0 Å². The average Bonchev–Trinajstić information content (AvgIpc) is 2.98. The van der Waals surface area contributed by atoms with Crippen molar-refractivity contribution in [2.75, 3.05) is 7.11 Å². The Bertz CT molecular complexity index is 1480. The van der Waals surface area contributed by atoms with Crippen LogP contribution in [0, 0.1) is 0 Å². The number of nitrogens with one attached hydrogen (secondary N) is 1. The summed E-state index contributed by atoms with van der Waals surface area (Å²) in [7, 11) is 1.65. The molecule has 8 nitrogen and oxygen atoms in total. The van der Waals surface area contributed by atoms with Crippen LogP contribution in [0.25, 0.3) is 22.3 Å². The highest BCUT2D eigenvalue weighted by atomic mass is 16.5. The summed E-state index contributed by atoms with van der Waals surface area (Å²) in [6.07, 6.45) is -0.350. The third kappa shape index (κ3) is 7.26. The number of aliphatic carboxylic acids is 1. The van der Waals surface area contributed by atoms with Crippen molar-refractivity contribution < 1.29 is 29.0 Å². The largest absolute Gasteiger partial charge is 0.497 e. The van der Waals surface area contributed by atoms with Crippen molar-refractivity contribution in [1.82, 2.24) is 5.32 Å². The molecule has 0 bridgehead atoms. The third-order valence-electron chi connectivity index (χ3n) is 6.42. The van der Waals surface area contributed by atoms with Gasteiger partial charge in [-0.25, -0.2) is 0 Å². The third-order valence-corrected chi connectivity index (χ3v) is 6.42. The zero-order valence-electron chi connectivity index (χ0n) is 22.0. The number of rotatable bonds is 12. The number of amides is 2. The number of carboxylic acid groups (broad SMARTS) is 1. The van der Waals surface area contributed by atoms with Gasteiger partial charge in [-0.15, -0.1) is 0 Å². The average molecular weight is 539 g/mol. The maximum absolute atomic E-state index is 12.5. The zero-order chi connectivity index (χ0) is 28.5. The number of carbonyl (C=O) groups is 3. The Labute approximate surface area is 232 Å². The molecule has 0 aliphatic carbocycles. The van der Waals surface area contributed by atoms with Crippen molar-refractivity contribution in [2.45, 2.75) is 25.5 Å². The predicted octanol–water partition coefficient (Wildman–Crippen LogP) is 5.06. The summed E-state index contributed by atoms with van der Waals surface area (Å²) in [5.74, 6) is -0.836. The molecule has 0 radical (unpaired) electrons. The molecule has 8 heteroatoms. The van der Waals surface area contributed by atoms with Crippen LogP contribution in [-0.2, 0) is 16.2 Å². The first kappa shape index (κ1) is 27.9. The number of primary amides is 1. The van der Waals surface area contributed by atoms with E-state index >= 15 is 0 Å². The van der Waals surface area contributed by atoms with E-state index in [1.807, 2.05) is 66.7 Å². The van der Waals surface area contributed by atoms with Crippen LogP contribution >= 0.6 is 0 Å². The van der Waals surface area contributed by atoms with Gasteiger partial charge in [0.2, 0.25) is 5.91 Å². The number of benzene rings is 4. The summed E-state index contributed by atoms with van der Waals surface area (Å²) in [6, 6.07) is 29.5. The second-order valence-electron chi connectivity index (χ2n) is 9.14. The Kier molecular flexibility index (Phi) is 9.15. The highest BCUT2D eigenvalue weighted by Gasteiger charge is 2.20. The number of ether oxygens (including phenoxy) is 2. The van der Waals surface area contributed by atoms with Crippen molar-refractivity contribution in [1.29, 1.82) is 0 Å². The maximum atomic E-state index is 12.5. The van der Waals surface area contributed by atoms with Crippen molar-refractivity contribution in [3.8, 4) is 33.8 Å². The molecule has 0 saturated carbocycles. The van der Waals surface area contributed by atoms with Gasteiger partial charge in [-0.05, 0) is 70.6 Å². The lowest BCUT2D eigenvalue weighted by molar-refractivity contribution is -0.137. The molecule has 0 fully saturated rings. The quantitative estimate of drug-likeness (QED) is 0.231. The van der Waals surface area contributed by atoms with Crippen molar-refractivity contribution in [3.05, 3.63) is 108 Å². The number of methoxy groups -OCH3 is 1. The van der Waals surface area contributed by atoms with Gasteiger partial charge in [0.25, 0.3) is 5.91 Å². The molecule has 40 heavy (non-hydrogen) atoms. The van der Waals surface area contributed by atoms with Crippen LogP contribution in [-0.4, -0.2) is 36.0 Å². The maximum Gasteiger partial charge on any atom is 0.303 e. The summed E-state index contributed by atoms with van der Waals surface area (Å²) < 4.78 is 11.4. The molecule has 204 valence electrons. The molecule has 2 amide bonds. The smallest absolute Gasteiger partial charge is 0.303 e. The molecule has 0 heterocycles. The predicted molar refractivity (Wildman–Crippen MR) is 152 cm³/mol. The molecule has 0 aliphatic rings. The van der Waals surface area contributed by atoms with Gasteiger partial charge < -0.3 is 25.6 Å². The number of carbonyl (C=O) groups excluding carboxylic acids is 2. The summed E-state index contributed by atoms with van der Waals surface area (Å²) in [5, 5.41) is 11.3. The lowest BCUT2D eigenvalue weighted by Crippen LogP contribution is -2.44. The van der Waals surface area contributed by atoms with Gasteiger partial charge in [0, 0.05) is 12.0 Å². The van der Waals surface area contributed by atoms with Gasteiger partial charge in [0.1, 0.15) is 24.1 Å². The van der Waals surface area contributed by atoms with Crippen molar-refractivity contribution >= 4 is 17.8 Å². The Morgan fingerprint density at radius 3 is 2.15 bits per heavy atom. The van der Waals surface area contributed by atoms with E-state index in [-0.39, 0.29) is 12.8 Å². The minimum Gasteiger partial charge on any atom is -0.497 e. The van der Waals surface area contributed by atoms with Crippen LogP contribution < -0.4 is 20.5 Å². The normalized spacial score (nSPS) is 11.3.